The van der Waals surface area contributed by atoms with Crippen LogP contribution in [0.5, 0.6) is 5.75 Å². The zero-order valence-electron chi connectivity index (χ0n) is 13.3. The number of nitrogens with one attached hydrogen (secondary N) is 1. The molecule has 1 saturated carbocycles. The Labute approximate surface area is 127 Å². The molecular formula is C17H27NO3. The van der Waals surface area contributed by atoms with Gasteiger partial charge in [0.1, 0.15) is 5.75 Å². The molecule has 0 radical (unpaired) electrons. The molecule has 1 unspecified atom stereocenters. The van der Waals surface area contributed by atoms with Crippen molar-refractivity contribution in [3.8, 4) is 5.75 Å². The van der Waals surface area contributed by atoms with Crippen molar-refractivity contribution in [2.75, 3.05) is 27.4 Å². The van der Waals surface area contributed by atoms with Gasteiger partial charge in [0.05, 0.1) is 12.7 Å². The molecule has 1 aliphatic carbocycles. The van der Waals surface area contributed by atoms with E-state index in [-0.39, 0.29) is 0 Å². The van der Waals surface area contributed by atoms with Gasteiger partial charge in [0, 0.05) is 32.7 Å². The van der Waals surface area contributed by atoms with Crippen molar-refractivity contribution in [3.05, 3.63) is 29.8 Å². The SMILES string of the molecule is COCCC(C)(O)CNC1CC(c2ccccc2OC)C1. The number of para-hydroxylation sites is 1. The van der Waals surface area contributed by atoms with Gasteiger partial charge in [-0.05, 0) is 37.3 Å². The average molecular weight is 293 g/mol. The molecule has 2 rings (SSSR count). The third-order valence-electron chi connectivity index (χ3n) is 4.33. The van der Waals surface area contributed by atoms with Gasteiger partial charge in [0.15, 0.2) is 0 Å². The highest BCUT2D eigenvalue weighted by atomic mass is 16.5. The van der Waals surface area contributed by atoms with Crippen LogP contribution < -0.4 is 10.1 Å². The normalized spacial score (nSPS) is 24.2. The molecule has 4 heteroatoms. The minimum atomic E-state index is -0.703. The van der Waals surface area contributed by atoms with E-state index in [9.17, 15) is 5.11 Å². The van der Waals surface area contributed by atoms with Crippen LogP contribution in [-0.4, -0.2) is 44.1 Å². The lowest BCUT2D eigenvalue weighted by Crippen LogP contribution is -2.47. The maximum atomic E-state index is 10.2. The van der Waals surface area contributed by atoms with Gasteiger partial charge in [-0.25, -0.2) is 0 Å². The smallest absolute Gasteiger partial charge is 0.122 e. The first-order valence-electron chi connectivity index (χ1n) is 7.63. The fraction of sp³-hybridized carbons (Fsp3) is 0.647. The Bertz CT molecular complexity index is 441. The van der Waals surface area contributed by atoms with E-state index in [1.165, 1.54) is 5.56 Å². The molecule has 1 aromatic rings. The number of methoxy groups -OCH3 is 2. The summed E-state index contributed by atoms with van der Waals surface area (Å²) in [7, 11) is 3.38. The molecule has 0 aromatic heterocycles. The second-order valence-electron chi connectivity index (χ2n) is 6.23. The van der Waals surface area contributed by atoms with Crippen LogP contribution in [0.4, 0.5) is 0 Å². The Hall–Kier alpha value is -1.10. The Balaban J connectivity index is 1.77. The van der Waals surface area contributed by atoms with Crippen LogP contribution >= 0.6 is 0 Å². The van der Waals surface area contributed by atoms with E-state index in [0.29, 0.717) is 31.5 Å². The minimum Gasteiger partial charge on any atom is -0.496 e. The first-order chi connectivity index (χ1) is 10.1. The van der Waals surface area contributed by atoms with Crippen molar-refractivity contribution in [2.45, 2.75) is 43.7 Å². The molecule has 4 nitrogen and oxygen atoms in total. The first-order valence-corrected chi connectivity index (χ1v) is 7.63. The summed E-state index contributed by atoms with van der Waals surface area (Å²) in [5, 5.41) is 13.7. The highest BCUT2D eigenvalue weighted by molar-refractivity contribution is 5.37. The van der Waals surface area contributed by atoms with Crippen molar-refractivity contribution in [3.63, 3.8) is 0 Å². The highest BCUT2D eigenvalue weighted by Gasteiger charge is 2.33. The summed E-state index contributed by atoms with van der Waals surface area (Å²) >= 11 is 0. The summed E-state index contributed by atoms with van der Waals surface area (Å²) < 4.78 is 10.4. The number of hydrogen-bond acceptors (Lipinski definition) is 4. The molecule has 0 bridgehead atoms. The predicted molar refractivity (Wildman–Crippen MR) is 83.9 cm³/mol. The van der Waals surface area contributed by atoms with Crippen LogP contribution in [0.1, 0.15) is 37.7 Å². The largest absolute Gasteiger partial charge is 0.496 e. The molecule has 0 saturated heterocycles. The van der Waals surface area contributed by atoms with Crippen LogP contribution in [0.3, 0.4) is 0 Å². The predicted octanol–water partition coefficient (Wildman–Crippen LogP) is 2.32. The van der Waals surface area contributed by atoms with E-state index in [2.05, 4.69) is 17.4 Å². The van der Waals surface area contributed by atoms with Gasteiger partial charge in [0.25, 0.3) is 0 Å². The molecule has 0 heterocycles. The van der Waals surface area contributed by atoms with Crippen molar-refractivity contribution >= 4 is 0 Å². The summed E-state index contributed by atoms with van der Waals surface area (Å²) in [6, 6.07) is 8.71. The molecule has 21 heavy (non-hydrogen) atoms. The van der Waals surface area contributed by atoms with Crippen LogP contribution in [0.25, 0.3) is 0 Å². The minimum absolute atomic E-state index is 0.480. The molecule has 1 fully saturated rings. The Morgan fingerprint density at radius 2 is 2.00 bits per heavy atom. The third-order valence-corrected chi connectivity index (χ3v) is 4.33. The zero-order valence-corrected chi connectivity index (χ0v) is 13.3. The standard InChI is InChI=1S/C17H27NO3/c1-17(19,8-9-20-2)12-18-14-10-13(11-14)15-6-4-5-7-16(15)21-3/h4-7,13-14,18-19H,8-12H2,1-3H3. The van der Waals surface area contributed by atoms with Gasteiger partial charge in [0.2, 0.25) is 0 Å². The Kier molecular flexibility index (Phi) is 5.62. The monoisotopic (exact) mass is 293 g/mol. The molecule has 118 valence electrons. The quantitative estimate of drug-likeness (QED) is 0.772. The molecule has 1 aromatic carbocycles. The van der Waals surface area contributed by atoms with Gasteiger partial charge in [-0.3, -0.25) is 0 Å². The van der Waals surface area contributed by atoms with Gasteiger partial charge in [-0.1, -0.05) is 18.2 Å². The van der Waals surface area contributed by atoms with Gasteiger partial charge in [-0.2, -0.15) is 0 Å². The second-order valence-corrected chi connectivity index (χ2v) is 6.23. The molecule has 1 atom stereocenters. The van der Waals surface area contributed by atoms with Crippen molar-refractivity contribution < 1.29 is 14.6 Å². The Morgan fingerprint density at radius 1 is 1.29 bits per heavy atom. The lowest BCUT2D eigenvalue weighted by molar-refractivity contribution is 0.0196. The maximum absolute atomic E-state index is 10.2. The second kappa shape index (κ2) is 7.25. The molecular weight excluding hydrogens is 266 g/mol. The van der Waals surface area contributed by atoms with Crippen LogP contribution in [0.2, 0.25) is 0 Å². The van der Waals surface area contributed by atoms with Crippen LogP contribution in [0.15, 0.2) is 24.3 Å². The first kappa shape index (κ1) is 16.3. The van der Waals surface area contributed by atoms with Crippen LogP contribution in [-0.2, 0) is 4.74 Å². The van der Waals surface area contributed by atoms with E-state index in [1.807, 2.05) is 19.1 Å². The number of rotatable bonds is 8. The molecule has 0 amide bonds. The fourth-order valence-electron chi connectivity index (χ4n) is 2.82. The van der Waals surface area contributed by atoms with Gasteiger partial charge >= 0.3 is 0 Å². The van der Waals surface area contributed by atoms with E-state index in [0.717, 1.165) is 18.6 Å². The number of benzene rings is 1. The molecule has 0 spiro atoms. The molecule has 0 aliphatic heterocycles. The van der Waals surface area contributed by atoms with Gasteiger partial charge in [-0.15, -0.1) is 0 Å². The zero-order chi connectivity index (χ0) is 15.3. The molecule has 2 N–H and O–H groups in total. The molecule has 1 aliphatic rings. The highest BCUT2D eigenvalue weighted by Crippen LogP contribution is 2.40. The van der Waals surface area contributed by atoms with E-state index in [1.54, 1.807) is 14.2 Å². The van der Waals surface area contributed by atoms with Crippen molar-refractivity contribution in [2.24, 2.45) is 0 Å². The fourth-order valence-corrected chi connectivity index (χ4v) is 2.82. The number of ether oxygens (including phenoxy) is 2. The summed E-state index contributed by atoms with van der Waals surface area (Å²) in [4.78, 5) is 0. The van der Waals surface area contributed by atoms with Gasteiger partial charge < -0.3 is 19.9 Å². The van der Waals surface area contributed by atoms with E-state index in [4.69, 9.17) is 9.47 Å². The van der Waals surface area contributed by atoms with Crippen molar-refractivity contribution in [1.82, 2.24) is 5.32 Å². The Morgan fingerprint density at radius 3 is 2.67 bits per heavy atom. The third kappa shape index (κ3) is 4.43. The lowest BCUT2D eigenvalue weighted by atomic mass is 9.75. The number of hydrogen-bond donors (Lipinski definition) is 2. The number of aliphatic hydroxyl groups is 1. The van der Waals surface area contributed by atoms with E-state index >= 15 is 0 Å². The summed E-state index contributed by atoms with van der Waals surface area (Å²) in [5.74, 6) is 1.54. The lowest BCUT2D eigenvalue weighted by Gasteiger charge is -2.38. The van der Waals surface area contributed by atoms with Crippen molar-refractivity contribution in [1.29, 1.82) is 0 Å². The topological polar surface area (TPSA) is 50.7 Å². The van der Waals surface area contributed by atoms with Crippen LogP contribution in [0, 0.1) is 0 Å². The summed E-state index contributed by atoms with van der Waals surface area (Å²) in [5.41, 5.74) is 0.593. The average Bonchev–Trinajstić information content (AvgIpc) is 2.44. The van der Waals surface area contributed by atoms with E-state index < -0.39 is 5.60 Å². The summed E-state index contributed by atoms with van der Waals surface area (Å²) in [6.07, 6.45) is 2.85. The summed E-state index contributed by atoms with van der Waals surface area (Å²) in [6.45, 7) is 3.05. The maximum Gasteiger partial charge on any atom is 0.122 e.